The van der Waals surface area contributed by atoms with E-state index < -0.39 is 0 Å². The molecule has 0 aliphatic heterocycles. The van der Waals surface area contributed by atoms with E-state index in [1.807, 2.05) is 0 Å². The van der Waals surface area contributed by atoms with Crippen LogP contribution >= 0.6 is 40.0 Å². The first-order chi connectivity index (χ1) is 6.65. The van der Waals surface area contributed by atoms with Crippen molar-refractivity contribution in [3.05, 3.63) is 23.1 Å². The number of aromatic nitrogens is 2. The van der Waals surface area contributed by atoms with Crippen LogP contribution in [0.4, 0.5) is 10.1 Å². The quantitative estimate of drug-likeness (QED) is 0.491. The summed E-state index contributed by atoms with van der Waals surface area (Å²) < 4.78 is 15.1. The van der Waals surface area contributed by atoms with Crippen LogP contribution in [0.15, 0.2) is 12.3 Å². The van der Waals surface area contributed by atoms with Gasteiger partial charge in [-0.25, -0.2) is 8.84 Å². The molecule has 74 valence electrons. The molecule has 0 radical (unpaired) electrons. The van der Waals surface area contributed by atoms with Gasteiger partial charge in [0.1, 0.15) is 5.52 Å². The Kier molecular flexibility index (Phi) is 2.81. The topological polar surface area (TPSA) is 43.8 Å². The van der Waals surface area contributed by atoms with E-state index >= 15 is 0 Å². The molecule has 14 heavy (non-hydrogen) atoms. The second-order valence-electron chi connectivity index (χ2n) is 2.66. The van der Waals surface area contributed by atoms with Crippen molar-refractivity contribution in [3.8, 4) is 0 Å². The second kappa shape index (κ2) is 3.79. The number of nitrogens with zero attached hydrogens (tertiary/aromatic N) is 2. The molecule has 0 saturated heterocycles. The number of hydrogen-bond acceptors (Lipinski definition) is 2. The van der Waals surface area contributed by atoms with Crippen molar-refractivity contribution in [1.29, 1.82) is 0 Å². The highest BCUT2D eigenvalue weighted by Crippen LogP contribution is 2.35. The summed E-state index contributed by atoms with van der Waals surface area (Å²) in [4.78, 5) is 0. The molecule has 0 saturated carbocycles. The van der Waals surface area contributed by atoms with Crippen molar-refractivity contribution in [1.82, 2.24) is 9.55 Å². The number of nitrogen functional groups attached to an aromatic ring is 1. The lowest BCUT2D eigenvalue weighted by Gasteiger charge is -2.02. The van der Waals surface area contributed by atoms with Crippen LogP contribution in [-0.2, 0) is 0 Å². The van der Waals surface area contributed by atoms with Crippen LogP contribution in [0, 0.1) is 5.82 Å². The molecule has 1 aromatic heterocycles. The van der Waals surface area contributed by atoms with E-state index in [0.717, 1.165) is 0 Å². The van der Waals surface area contributed by atoms with Gasteiger partial charge in [0, 0.05) is 5.39 Å². The van der Waals surface area contributed by atoms with Crippen molar-refractivity contribution in [3.63, 3.8) is 0 Å². The third-order valence-corrected chi connectivity index (χ3v) is 4.06. The van der Waals surface area contributed by atoms with Gasteiger partial charge < -0.3 is 5.73 Å². The number of halogens is 3. The summed E-state index contributed by atoms with van der Waals surface area (Å²) in [5.41, 5.74) is 6.50. The summed E-state index contributed by atoms with van der Waals surface area (Å²) in [5.74, 6) is -0.388. The Morgan fingerprint density at radius 3 is 3.00 bits per heavy atom. The second-order valence-corrected chi connectivity index (χ2v) is 5.10. The molecule has 2 N–H and O–H groups in total. The van der Waals surface area contributed by atoms with Gasteiger partial charge in [-0.05, 0) is 28.1 Å². The number of anilines is 1. The maximum atomic E-state index is 13.5. The van der Waals surface area contributed by atoms with Gasteiger partial charge in [-0.15, -0.1) is 0 Å². The summed E-state index contributed by atoms with van der Waals surface area (Å²) in [6, 6.07) is 1.22. The van der Waals surface area contributed by atoms with Gasteiger partial charge in [0.15, 0.2) is 5.82 Å². The monoisotopic (exact) mass is 343 g/mol. The molecule has 7 heteroatoms. The molecule has 0 spiro atoms. The first kappa shape index (κ1) is 10.4. The molecule has 2 aromatic rings. The molecule has 0 amide bonds. The predicted molar refractivity (Wildman–Crippen MR) is 66.8 cm³/mol. The number of rotatable bonds is 1. The van der Waals surface area contributed by atoms with Gasteiger partial charge >= 0.3 is 0 Å². The molecular formula is C7H5ClFIN3P. The van der Waals surface area contributed by atoms with Gasteiger partial charge in [-0.2, -0.15) is 5.10 Å². The molecule has 0 bridgehead atoms. The van der Waals surface area contributed by atoms with Gasteiger partial charge in [0.05, 0.1) is 23.3 Å². The number of hydrogen-bond donors (Lipinski definition) is 1. The highest BCUT2D eigenvalue weighted by molar-refractivity contribution is 14.2. The van der Waals surface area contributed by atoms with Crippen LogP contribution in [-0.4, -0.2) is 9.55 Å². The molecule has 2 rings (SSSR count). The highest BCUT2D eigenvalue weighted by Gasteiger charge is 2.13. The Labute approximate surface area is 99.1 Å². The van der Waals surface area contributed by atoms with Crippen LogP contribution < -0.4 is 5.73 Å². The third-order valence-electron chi connectivity index (χ3n) is 1.88. The molecule has 1 unspecified atom stereocenters. The Hall–Kier alpha value is -0.130. The lowest BCUT2D eigenvalue weighted by Crippen LogP contribution is -1.92. The van der Waals surface area contributed by atoms with E-state index in [1.165, 1.54) is 12.3 Å². The minimum absolute atomic E-state index is 0.228. The number of nitrogens with two attached hydrogens (primary N) is 1. The molecule has 1 aromatic carbocycles. The smallest absolute Gasteiger partial charge is 0.151 e. The molecule has 1 heterocycles. The zero-order chi connectivity index (χ0) is 10.3. The summed E-state index contributed by atoms with van der Waals surface area (Å²) in [7, 11) is 0. The summed E-state index contributed by atoms with van der Waals surface area (Å²) in [6.45, 7) is 0. The summed E-state index contributed by atoms with van der Waals surface area (Å²) in [5, 5.41) is 4.82. The van der Waals surface area contributed by atoms with E-state index in [4.69, 9.17) is 17.3 Å². The largest absolute Gasteiger partial charge is 0.397 e. The molecule has 0 aliphatic rings. The fourth-order valence-electron chi connectivity index (χ4n) is 1.23. The SMILES string of the molecule is Nc1c(Cl)cc(F)c2c1cnn2PI. The van der Waals surface area contributed by atoms with Crippen molar-refractivity contribution < 1.29 is 4.39 Å². The zero-order valence-corrected chi connectivity index (χ0v) is 10.7. The van der Waals surface area contributed by atoms with Gasteiger partial charge in [-0.3, -0.25) is 0 Å². The average Bonchev–Trinajstić information content (AvgIpc) is 2.58. The van der Waals surface area contributed by atoms with Crippen molar-refractivity contribution in [2.45, 2.75) is 0 Å². The maximum absolute atomic E-state index is 13.5. The van der Waals surface area contributed by atoms with Crippen LogP contribution in [0.1, 0.15) is 0 Å². The van der Waals surface area contributed by atoms with Crippen molar-refractivity contribution in [2.75, 3.05) is 5.73 Å². The highest BCUT2D eigenvalue weighted by atomic mass is 127. The minimum Gasteiger partial charge on any atom is -0.397 e. The molecule has 0 fully saturated rings. The Morgan fingerprint density at radius 2 is 2.36 bits per heavy atom. The summed E-state index contributed by atoms with van der Waals surface area (Å²) in [6.07, 6.45) is 1.87. The first-order valence-electron chi connectivity index (χ1n) is 3.63. The van der Waals surface area contributed by atoms with E-state index in [1.54, 1.807) is 4.45 Å². The molecule has 3 nitrogen and oxygen atoms in total. The standard InChI is InChI=1S/C7H5ClFIN3P/c8-4-1-5(9)7-3(6(4)11)2-12-13(7)14-10/h1-2,14H,11H2. The van der Waals surface area contributed by atoms with E-state index in [9.17, 15) is 4.39 Å². The molecule has 0 aliphatic carbocycles. The van der Waals surface area contributed by atoms with Gasteiger partial charge in [0.2, 0.25) is 0 Å². The lowest BCUT2D eigenvalue weighted by molar-refractivity contribution is 0.635. The zero-order valence-electron chi connectivity index (χ0n) is 6.76. The van der Waals surface area contributed by atoms with Crippen LogP contribution in [0.25, 0.3) is 10.9 Å². The third kappa shape index (κ3) is 1.47. The van der Waals surface area contributed by atoms with Gasteiger partial charge in [0.25, 0.3) is 0 Å². The van der Waals surface area contributed by atoms with Crippen molar-refractivity contribution >= 4 is 56.6 Å². The number of benzene rings is 1. The van der Waals surface area contributed by atoms with Crippen LogP contribution in [0.5, 0.6) is 0 Å². The number of fused-ring (bicyclic) bond motifs is 1. The van der Waals surface area contributed by atoms with E-state index in [-0.39, 0.29) is 10.8 Å². The predicted octanol–water partition coefficient (Wildman–Crippen LogP) is 3.20. The normalized spacial score (nSPS) is 11.9. The Morgan fingerprint density at radius 1 is 1.64 bits per heavy atom. The van der Waals surface area contributed by atoms with E-state index in [2.05, 4.69) is 27.1 Å². The molecule has 1 atom stereocenters. The molecular weight excluding hydrogens is 338 g/mol. The fraction of sp³-hybridized carbons (Fsp3) is 0. The minimum atomic E-state index is -0.388. The van der Waals surface area contributed by atoms with E-state index in [0.29, 0.717) is 23.0 Å². The summed E-state index contributed by atoms with van der Waals surface area (Å²) >= 11 is 7.87. The lowest BCUT2D eigenvalue weighted by atomic mass is 10.2. The Bertz CT molecular complexity index is 501. The Balaban J connectivity index is 2.90. The first-order valence-corrected chi connectivity index (χ1v) is 8.07. The van der Waals surface area contributed by atoms with Crippen LogP contribution in [0.3, 0.4) is 0 Å². The average molecular weight is 343 g/mol. The fourth-order valence-corrected chi connectivity index (χ4v) is 2.93. The maximum Gasteiger partial charge on any atom is 0.151 e. The van der Waals surface area contributed by atoms with Crippen molar-refractivity contribution in [2.24, 2.45) is 0 Å². The van der Waals surface area contributed by atoms with Gasteiger partial charge in [-0.1, -0.05) is 11.6 Å². The van der Waals surface area contributed by atoms with Crippen LogP contribution in [0.2, 0.25) is 5.02 Å².